The summed E-state index contributed by atoms with van der Waals surface area (Å²) in [6.45, 7) is 2.68. The average molecular weight is 544 g/mol. The van der Waals surface area contributed by atoms with Gasteiger partial charge in [0.25, 0.3) is 11.7 Å². The number of likely N-dealkylation sites (tertiary alicyclic amines) is 1. The number of hydrogen-bond donors (Lipinski definition) is 1. The van der Waals surface area contributed by atoms with E-state index >= 15 is 0 Å². The molecule has 1 N–H and O–H groups in total. The first-order valence-corrected chi connectivity index (χ1v) is 12.8. The Balaban J connectivity index is 1.53. The number of hydrogen-bond acceptors (Lipinski definition) is 6. The van der Waals surface area contributed by atoms with Crippen LogP contribution in [0.4, 0.5) is 0 Å². The molecule has 1 amide bonds. The van der Waals surface area contributed by atoms with Gasteiger partial charge in [0.15, 0.2) is 0 Å². The number of nitrogens with zero attached hydrogens (tertiary/aromatic N) is 1. The summed E-state index contributed by atoms with van der Waals surface area (Å²) in [5.41, 5.74) is 1.78. The zero-order chi connectivity index (χ0) is 27.4. The Bertz CT molecular complexity index is 1500. The van der Waals surface area contributed by atoms with Gasteiger partial charge in [0.1, 0.15) is 29.6 Å². The van der Waals surface area contributed by atoms with Crippen LogP contribution in [0.5, 0.6) is 11.5 Å². The quantitative estimate of drug-likeness (QED) is 0.147. The molecule has 0 bridgehead atoms. The molecule has 5 rings (SSSR count). The van der Waals surface area contributed by atoms with Gasteiger partial charge in [0.2, 0.25) is 0 Å². The Kier molecular flexibility index (Phi) is 7.70. The predicted octanol–water partition coefficient (Wildman–Crippen LogP) is 6.53. The number of ketones is 1. The highest BCUT2D eigenvalue weighted by molar-refractivity contribution is 6.47. The molecule has 2 heterocycles. The van der Waals surface area contributed by atoms with Crippen molar-refractivity contribution >= 4 is 29.1 Å². The molecule has 1 saturated heterocycles. The Morgan fingerprint density at radius 2 is 1.69 bits per heavy atom. The lowest BCUT2D eigenvalue weighted by Crippen LogP contribution is -2.29. The van der Waals surface area contributed by atoms with Gasteiger partial charge in [0, 0.05) is 5.56 Å². The SMILES string of the molecule is CCOc1ccc(Cl)c(/C(O)=C2\C(=O)C(=O)N(Cc3ccco3)C2c2ccc(OCc3ccccc3)cc2)c1. The van der Waals surface area contributed by atoms with Crippen molar-refractivity contribution in [2.45, 2.75) is 26.1 Å². The molecule has 8 heteroatoms. The fourth-order valence-electron chi connectivity index (χ4n) is 4.53. The number of rotatable bonds is 9. The molecule has 1 aliphatic heterocycles. The summed E-state index contributed by atoms with van der Waals surface area (Å²) < 4.78 is 16.9. The normalized spacial score (nSPS) is 16.5. The van der Waals surface area contributed by atoms with Crippen LogP contribution in [-0.4, -0.2) is 28.3 Å². The zero-order valence-electron chi connectivity index (χ0n) is 21.2. The number of aliphatic hydroxyl groups is 1. The summed E-state index contributed by atoms with van der Waals surface area (Å²) in [4.78, 5) is 28.0. The highest BCUT2D eigenvalue weighted by Crippen LogP contribution is 2.42. The maximum Gasteiger partial charge on any atom is 0.296 e. The topological polar surface area (TPSA) is 89.2 Å². The Hall–Kier alpha value is -4.49. The minimum absolute atomic E-state index is 0.0397. The third-order valence-corrected chi connectivity index (χ3v) is 6.72. The monoisotopic (exact) mass is 543 g/mol. The van der Waals surface area contributed by atoms with Gasteiger partial charge in [-0.25, -0.2) is 0 Å². The van der Waals surface area contributed by atoms with E-state index in [2.05, 4.69) is 0 Å². The van der Waals surface area contributed by atoms with Crippen LogP contribution >= 0.6 is 11.6 Å². The van der Waals surface area contributed by atoms with Crippen LogP contribution in [-0.2, 0) is 22.7 Å². The number of amides is 1. The number of ether oxygens (including phenoxy) is 2. The lowest BCUT2D eigenvalue weighted by atomic mass is 9.95. The standard InChI is InChI=1S/C31H26ClNO6/c1-2-37-23-14-15-26(32)25(17-23)29(34)27-28(33(31(36)30(27)35)18-24-9-6-16-38-24)21-10-12-22(13-11-21)39-19-20-7-4-3-5-8-20/h3-17,28,34H,2,18-19H2,1H3/b29-27+. The zero-order valence-corrected chi connectivity index (χ0v) is 21.9. The Morgan fingerprint density at radius 1 is 0.949 bits per heavy atom. The molecule has 1 fully saturated rings. The van der Waals surface area contributed by atoms with Gasteiger partial charge in [-0.3, -0.25) is 9.59 Å². The minimum Gasteiger partial charge on any atom is -0.507 e. The van der Waals surface area contributed by atoms with Gasteiger partial charge in [0.05, 0.1) is 36.1 Å². The van der Waals surface area contributed by atoms with E-state index in [1.165, 1.54) is 11.2 Å². The third-order valence-electron chi connectivity index (χ3n) is 6.39. The fourth-order valence-corrected chi connectivity index (χ4v) is 4.74. The van der Waals surface area contributed by atoms with Gasteiger partial charge in [-0.05, 0) is 60.5 Å². The maximum absolute atomic E-state index is 13.4. The van der Waals surface area contributed by atoms with Crippen LogP contribution in [0.1, 0.15) is 35.4 Å². The van der Waals surface area contributed by atoms with E-state index in [1.807, 2.05) is 37.3 Å². The van der Waals surface area contributed by atoms with Crippen molar-refractivity contribution < 1.29 is 28.6 Å². The van der Waals surface area contributed by atoms with Crippen molar-refractivity contribution in [2.24, 2.45) is 0 Å². The molecule has 1 atom stereocenters. The number of benzene rings is 3. The Labute approximate surface area is 230 Å². The smallest absolute Gasteiger partial charge is 0.296 e. The number of furan rings is 1. The average Bonchev–Trinajstić information content (AvgIpc) is 3.56. The molecule has 1 unspecified atom stereocenters. The predicted molar refractivity (Wildman–Crippen MR) is 146 cm³/mol. The second kappa shape index (κ2) is 11.5. The molecule has 0 spiro atoms. The van der Waals surface area contributed by atoms with Crippen molar-refractivity contribution in [3.8, 4) is 11.5 Å². The highest BCUT2D eigenvalue weighted by Gasteiger charge is 2.46. The van der Waals surface area contributed by atoms with Gasteiger partial charge in [-0.2, -0.15) is 0 Å². The Morgan fingerprint density at radius 3 is 2.38 bits per heavy atom. The fraction of sp³-hybridized carbons (Fsp3) is 0.161. The van der Waals surface area contributed by atoms with E-state index < -0.39 is 17.7 Å². The van der Waals surface area contributed by atoms with Crippen LogP contribution < -0.4 is 9.47 Å². The number of Topliss-reactive ketones (excluding diaryl/α,β-unsaturated/α-hetero) is 1. The first-order chi connectivity index (χ1) is 19.0. The summed E-state index contributed by atoms with van der Waals surface area (Å²) in [6, 6.07) is 24.2. The summed E-state index contributed by atoms with van der Waals surface area (Å²) >= 11 is 6.41. The molecule has 0 radical (unpaired) electrons. The summed E-state index contributed by atoms with van der Waals surface area (Å²) in [5, 5.41) is 11.6. The molecule has 198 valence electrons. The largest absolute Gasteiger partial charge is 0.507 e. The van der Waals surface area contributed by atoms with E-state index in [1.54, 1.807) is 54.6 Å². The first-order valence-electron chi connectivity index (χ1n) is 12.5. The summed E-state index contributed by atoms with van der Waals surface area (Å²) in [5.74, 6) is -0.342. The number of carbonyl (C=O) groups is 2. The molecular formula is C31H26ClNO6. The van der Waals surface area contributed by atoms with Crippen LogP contribution in [0.25, 0.3) is 5.76 Å². The van der Waals surface area contributed by atoms with Crippen molar-refractivity contribution in [3.63, 3.8) is 0 Å². The number of aliphatic hydroxyl groups excluding tert-OH is 1. The molecule has 4 aromatic rings. The molecule has 7 nitrogen and oxygen atoms in total. The van der Waals surface area contributed by atoms with Gasteiger partial charge < -0.3 is 23.9 Å². The van der Waals surface area contributed by atoms with Crippen LogP contribution in [0.3, 0.4) is 0 Å². The third kappa shape index (κ3) is 5.54. The first kappa shape index (κ1) is 26.1. The molecule has 1 aliphatic rings. The lowest BCUT2D eigenvalue weighted by molar-refractivity contribution is -0.140. The van der Waals surface area contributed by atoms with Crippen molar-refractivity contribution in [3.05, 3.63) is 124 Å². The second-order valence-electron chi connectivity index (χ2n) is 8.92. The minimum atomic E-state index is -0.884. The van der Waals surface area contributed by atoms with Crippen LogP contribution in [0.2, 0.25) is 5.02 Å². The number of halogens is 1. The molecule has 3 aromatic carbocycles. The highest BCUT2D eigenvalue weighted by atomic mass is 35.5. The number of carbonyl (C=O) groups excluding carboxylic acids is 2. The van der Waals surface area contributed by atoms with Gasteiger partial charge >= 0.3 is 0 Å². The van der Waals surface area contributed by atoms with E-state index in [0.717, 1.165) is 5.56 Å². The van der Waals surface area contributed by atoms with Crippen LogP contribution in [0, 0.1) is 0 Å². The van der Waals surface area contributed by atoms with E-state index in [9.17, 15) is 14.7 Å². The van der Waals surface area contributed by atoms with Gasteiger partial charge in [-0.15, -0.1) is 0 Å². The van der Waals surface area contributed by atoms with E-state index in [0.29, 0.717) is 36.0 Å². The van der Waals surface area contributed by atoms with E-state index in [-0.39, 0.29) is 28.5 Å². The van der Waals surface area contributed by atoms with Crippen molar-refractivity contribution in [1.29, 1.82) is 0 Å². The second-order valence-corrected chi connectivity index (χ2v) is 9.33. The molecule has 1 aromatic heterocycles. The molecule has 0 saturated carbocycles. The van der Waals surface area contributed by atoms with E-state index in [4.69, 9.17) is 25.5 Å². The lowest BCUT2D eigenvalue weighted by Gasteiger charge is -2.25. The molecule has 0 aliphatic carbocycles. The van der Waals surface area contributed by atoms with Gasteiger partial charge in [-0.1, -0.05) is 54.1 Å². The summed E-state index contributed by atoms with van der Waals surface area (Å²) in [6.07, 6.45) is 1.50. The maximum atomic E-state index is 13.4. The molecular weight excluding hydrogens is 518 g/mol. The molecule has 39 heavy (non-hydrogen) atoms. The van der Waals surface area contributed by atoms with Crippen LogP contribution in [0.15, 0.2) is 101 Å². The summed E-state index contributed by atoms with van der Waals surface area (Å²) in [7, 11) is 0. The van der Waals surface area contributed by atoms with Crippen molar-refractivity contribution in [2.75, 3.05) is 6.61 Å². The van der Waals surface area contributed by atoms with Crippen molar-refractivity contribution in [1.82, 2.24) is 4.90 Å².